The van der Waals surface area contributed by atoms with Crippen LogP contribution in [0.3, 0.4) is 0 Å². The second-order valence-corrected chi connectivity index (χ2v) is 8.19. The van der Waals surface area contributed by atoms with Gasteiger partial charge in [0.1, 0.15) is 0 Å². The highest BCUT2D eigenvalue weighted by Gasteiger charge is 2.14. The van der Waals surface area contributed by atoms with Crippen LogP contribution in [0, 0.1) is 0 Å². The van der Waals surface area contributed by atoms with E-state index in [1.54, 1.807) is 0 Å². The summed E-state index contributed by atoms with van der Waals surface area (Å²) < 4.78 is 0. The molecule has 0 fully saturated rings. The summed E-state index contributed by atoms with van der Waals surface area (Å²) in [5.74, 6) is -0.443. The SMILES string of the molecule is Nc1ccccc1-c1ccc(Cl)cc1.O=C(O)CCCC(c1ccccc1)c1ccccc1. The molecule has 0 spiro atoms. The molecule has 0 bridgehead atoms. The third-order valence-electron chi connectivity index (χ3n) is 5.40. The number of benzene rings is 4. The number of hydrogen-bond donors (Lipinski definition) is 2. The summed E-state index contributed by atoms with van der Waals surface area (Å²) in [5.41, 5.74) is 11.3. The number of carboxylic acids is 1. The topological polar surface area (TPSA) is 63.3 Å². The Hall–Kier alpha value is -3.56. The number of para-hydroxylation sites is 1. The van der Waals surface area contributed by atoms with Crippen LogP contribution in [0.25, 0.3) is 11.1 Å². The highest BCUT2D eigenvalue weighted by molar-refractivity contribution is 6.30. The number of nitrogen functional groups attached to an aromatic ring is 1. The Morgan fingerprint density at radius 1 is 0.758 bits per heavy atom. The van der Waals surface area contributed by atoms with Crippen molar-refractivity contribution in [3.8, 4) is 11.1 Å². The molecular weight excluding hydrogens is 430 g/mol. The summed E-state index contributed by atoms with van der Waals surface area (Å²) in [4.78, 5) is 10.7. The molecule has 168 valence electrons. The smallest absolute Gasteiger partial charge is 0.303 e. The van der Waals surface area contributed by atoms with Gasteiger partial charge < -0.3 is 10.8 Å². The second-order valence-electron chi connectivity index (χ2n) is 7.75. The van der Waals surface area contributed by atoms with Crippen molar-refractivity contribution in [2.24, 2.45) is 0 Å². The van der Waals surface area contributed by atoms with Crippen molar-refractivity contribution < 1.29 is 9.90 Å². The van der Waals surface area contributed by atoms with Crippen LogP contribution < -0.4 is 5.73 Å². The maximum Gasteiger partial charge on any atom is 0.303 e. The van der Waals surface area contributed by atoms with Crippen LogP contribution in [0.4, 0.5) is 5.69 Å². The molecule has 4 aromatic rings. The Labute approximate surface area is 200 Å². The van der Waals surface area contributed by atoms with E-state index in [0.717, 1.165) is 28.3 Å². The molecule has 0 aliphatic heterocycles. The lowest BCUT2D eigenvalue weighted by atomic mass is 9.87. The van der Waals surface area contributed by atoms with E-state index >= 15 is 0 Å². The van der Waals surface area contributed by atoms with Gasteiger partial charge in [-0.2, -0.15) is 0 Å². The van der Waals surface area contributed by atoms with E-state index in [-0.39, 0.29) is 12.3 Å². The predicted molar refractivity (Wildman–Crippen MR) is 138 cm³/mol. The summed E-state index contributed by atoms with van der Waals surface area (Å²) >= 11 is 5.81. The first kappa shape index (κ1) is 24.1. The Morgan fingerprint density at radius 2 is 1.27 bits per heavy atom. The van der Waals surface area contributed by atoms with E-state index in [4.69, 9.17) is 22.4 Å². The molecule has 4 heteroatoms. The fourth-order valence-corrected chi connectivity index (χ4v) is 3.87. The lowest BCUT2D eigenvalue weighted by Gasteiger charge is -2.17. The second kappa shape index (κ2) is 12.5. The number of carboxylic acid groups (broad SMARTS) is 1. The minimum Gasteiger partial charge on any atom is -0.481 e. The van der Waals surface area contributed by atoms with E-state index < -0.39 is 5.97 Å². The van der Waals surface area contributed by atoms with Crippen molar-refractivity contribution in [3.05, 3.63) is 125 Å². The van der Waals surface area contributed by atoms with Gasteiger partial charge in [0, 0.05) is 28.6 Å². The minimum atomic E-state index is -0.722. The summed E-state index contributed by atoms with van der Waals surface area (Å²) in [5, 5.41) is 9.51. The van der Waals surface area contributed by atoms with Gasteiger partial charge in [-0.1, -0.05) is 103 Å². The third-order valence-corrected chi connectivity index (χ3v) is 5.66. The maximum atomic E-state index is 10.7. The van der Waals surface area contributed by atoms with Crippen molar-refractivity contribution in [1.82, 2.24) is 0 Å². The molecule has 4 rings (SSSR count). The zero-order valence-electron chi connectivity index (χ0n) is 18.4. The van der Waals surface area contributed by atoms with Gasteiger partial charge in [0.2, 0.25) is 0 Å². The Kier molecular flexibility index (Phi) is 9.10. The highest BCUT2D eigenvalue weighted by Crippen LogP contribution is 2.29. The molecule has 3 N–H and O–H groups in total. The number of hydrogen-bond acceptors (Lipinski definition) is 2. The molecule has 0 heterocycles. The Balaban J connectivity index is 0.000000194. The fraction of sp³-hybridized carbons (Fsp3) is 0.138. The number of aliphatic carboxylic acids is 1. The van der Waals surface area contributed by atoms with Crippen LogP contribution in [0.2, 0.25) is 5.02 Å². The number of nitrogens with two attached hydrogens (primary N) is 1. The zero-order chi connectivity index (χ0) is 23.5. The first-order valence-corrected chi connectivity index (χ1v) is 11.3. The van der Waals surface area contributed by atoms with Gasteiger partial charge in [-0.25, -0.2) is 0 Å². The van der Waals surface area contributed by atoms with Crippen molar-refractivity contribution in [2.75, 3.05) is 5.73 Å². The van der Waals surface area contributed by atoms with Crippen LogP contribution in [0.1, 0.15) is 36.3 Å². The lowest BCUT2D eigenvalue weighted by molar-refractivity contribution is -0.137. The first-order valence-electron chi connectivity index (χ1n) is 11.0. The largest absolute Gasteiger partial charge is 0.481 e. The molecule has 0 saturated heterocycles. The monoisotopic (exact) mass is 457 g/mol. The van der Waals surface area contributed by atoms with E-state index in [0.29, 0.717) is 6.42 Å². The first-order chi connectivity index (χ1) is 16.0. The molecule has 0 unspecified atom stereocenters. The summed E-state index contributed by atoms with van der Waals surface area (Å²) in [6.45, 7) is 0. The van der Waals surface area contributed by atoms with Crippen molar-refractivity contribution in [1.29, 1.82) is 0 Å². The number of anilines is 1. The fourth-order valence-electron chi connectivity index (χ4n) is 3.74. The van der Waals surface area contributed by atoms with Crippen LogP contribution in [-0.4, -0.2) is 11.1 Å². The van der Waals surface area contributed by atoms with E-state index in [9.17, 15) is 4.79 Å². The predicted octanol–water partition coefficient (Wildman–Crippen LogP) is 7.66. The quantitative estimate of drug-likeness (QED) is 0.280. The van der Waals surface area contributed by atoms with Crippen molar-refractivity contribution >= 4 is 23.3 Å². The Bertz CT molecular complexity index is 1090. The Morgan fingerprint density at radius 3 is 1.79 bits per heavy atom. The van der Waals surface area contributed by atoms with Crippen LogP contribution in [0.15, 0.2) is 109 Å². The van der Waals surface area contributed by atoms with Crippen LogP contribution in [0.5, 0.6) is 0 Å². The van der Waals surface area contributed by atoms with Gasteiger partial charge in [0.15, 0.2) is 0 Å². The normalized spacial score (nSPS) is 10.4. The minimum absolute atomic E-state index is 0.232. The molecule has 0 amide bonds. The summed E-state index contributed by atoms with van der Waals surface area (Å²) in [6.07, 6.45) is 1.79. The zero-order valence-corrected chi connectivity index (χ0v) is 19.2. The molecule has 0 aliphatic rings. The standard InChI is InChI=1S/C17H18O2.C12H10ClN/c18-17(19)13-7-12-16(14-8-3-1-4-9-14)15-10-5-2-6-11-15;13-10-7-5-9(6-8-10)11-3-1-2-4-12(11)14/h1-6,8-11,16H,7,12-13H2,(H,18,19);1-8H,14H2. The third kappa shape index (κ3) is 7.51. The molecule has 3 nitrogen and oxygen atoms in total. The van der Waals surface area contributed by atoms with Crippen molar-refractivity contribution in [2.45, 2.75) is 25.2 Å². The van der Waals surface area contributed by atoms with Gasteiger partial charge in [-0.3, -0.25) is 4.79 Å². The molecule has 33 heavy (non-hydrogen) atoms. The summed E-state index contributed by atoms with van der Waals surface area (Å²) in [6, 6.07) is 36.0. The number of rotatable bonds is 7. The number of carbonyl (C=O) groups is 1. The van der Waals surface area contributed by atoms with E-state index in [2.05, 4.69) is 24.3 Å². The molecular formula is C29H28ClNO2. The molecule has 0 saturated carbocycles. The molecule has 4 aromatic carbocycles. The highest BCUT2D eigenvalue weighted by atomic mass is 35.5. The van der Waals surface area contributed by atoms with Crippen LogP contribution in [-0.2, 0) is 4.79 Å². The molecule has 0 aromatic heterocycles. The molecule has 0 atom stereocenters. The lowest BCUT2D eigenvalue weighted by Crippen LogP contribution is -2.03. The van der Waals surface area contributed by atoms with Crippen molar-refractivity contribution in [3.63, 3.8) is 0 Å². The average Bonchev–Trinajstić information content (AvgIpc) is 2.84. The van der Waals surface area contributed by atoms with Gasteiger partial charge in [-0.15, -0.1) is 0 Å². The maximum absolute atomic E-state index is 10.7. The van der Waals surface area contributed by atoms with E-state index in [1.165, 1.54) is 11.1 Å². The van der Waals surface area contributed by atoms with E-state index in [1.807, 2.05) is 84.9 Å². The van der Waals surface area contributed by atoms with Gasteiger partial charge >= 0.3 is 5.97 Å². The van der Waals surface area contributed by atoms with Crippen LogP contribution >= 0.6 is 11.6 Å². The van der Waals surface area contributed by atoms with Gasteiger partial charge in [0.25, 0.3) is 0 Å². The van der Waals surface area contributed by atoms with Gasteiger partial charge in [0.05, 0.1) is 0 Å². The summed E-state index contributed by atoms with van der Waals surface area (Å²) in [7, 11) is 0. The molecule has 0 aliphatic carbocycles. The number of halogens is 1. The average molecular weight is 458 g/mol. The molecule has 0 radical (unpaired) electrons. The van der Waals surface area contributed by atoms with Gasteiger partial charge in [-0.05, 0) is 47.7 Å².